The Morgan fingerprint density at radius 1 is 0.424 bits per heavy atom. The smallest absolute Gasteiger partial charge is 0.338 e. The molecule has 0 spiro atoms. The first-order valence-electron chi connectivity index (χ1n) is 19.8. The predicted octanol–water partition coefficient (Wildman–Crippen LogP) is 0.945. The van der Waals surface area contributed by atoms with Crippen LogP contribution in [-0.4, -0.2) is 169 Å². The Kier molecular flexibility index (Phi) is 23.4. The van der Waals surface area contributed by atoms with Crippen molar-refractivity contribution in [2.75, 3.05) is 145 Å². The van der Waals surface area contributed by atoms with Crippen LogP contribution in [0.1, 0.15) is 33.6 Å². The zero-order valence-electron chi connectivity index (χ0n) is 33.5. The first kappa shape index (κ1) is 46.9. The monoisotopic (exact) mass is 835 g/mol. The summed E-state index contributed by atoms with van der Waals surface area (Å²) in [6.07, 6.45) is -0.0389. The fourth-order valence-corrected chi connectivity index (χ4v) is 5.18. The lowest BCUT2D eigenvalue weighted by Gasteiger charge is -2.14. The number of nitrogens with one attached hydrogen (secondary N) is 3. The molecule has 0 aliphatic carbocycles. The van der Waals surface area contributed by atoms with Crippen LogP contribution in [0.25, 0.3) is 0 Å². The number of esters is 2. The van der Waals surface area contributed by atoms with Gasteiger partial charge in [-0.05, 0) is 36.4 Å². The van der Waals surface area contributed by atoms with E-state index in [0.717, 1.165) is 0 Å². The number of benzene rings is 2. The number of hydrogen-bond donors (Lipinski definition) is 3. The minimum absolute atomic E-state index is 0.0194. The Labute approximate surface area is 343 Å². The Balaban J connectivity index is 1.04. The number of amides is 2. The SMILES string of the molecule is O=C(CCOC(=O)c1ccc2c(c1)OCCOCCOCCOCCO2)NCCNCCNC(=O)CCOC(=O)c1ccc2c(c1)OCCOCCOCCOCCO2. The fraction of sp³-hybridized carbons (Fsp3) is 0.600. The Morgan fingerprint density at radius 2 is 0.746 bits per heavy atom. The molecule has 0 aromatic heterocycles. The summed E-state index contributed by atoms with van der Waals surface area (Å²) in [6, 6.07) is 9.44. The number of ether oxygens (including phenoxy) is 12. The third-order valence-electron chi connectivity index (χ3n) is 8.16. The van der Waals surface area contributed by atoms with Crippen LogP contribution in [0.4, 0.5) is 0 Å². The van der Waals surface area contributed by atoms with Crippen LogP contribution in [0, 0.1) is 0 Å². The molecule has 0 saturated carbocycles. The van der Waals surface area contributed by atoms with Gasteiger partial charge in [0.25, 0.3) is 0 Å². The molecule has 2 heterocycles. The molecule has 0 unspecified atom stereocenters. The quantitative estimate of drug-likeness (QED) is 0.178. The fourth-order valence-electron chi connectivity index (χ4n) is 5.18. The van der Waals surface area contributed by atoms with E-state index in [-0.39, 0.29) is 75.4 Å². The Bertz CT molecular complexity index is 1440. The molecule has 328 valence electrons. The van der Waals surface area contributed by atoms with Gasteiger partial charge < -0.3 is 72.8 Å². The molecule has 2 amide bonds. The molecule has 19 heteroatoms. The van der Waals surface area contributed by atoms with Gasteiger partial charge in [0.1, 0.15) is 39.6 Å². The summed E-state index contributed by atoms with van der Waals surface area (Å²) in [5, 5.41) is 8.61. The van der Waals surface area contributed by atoms with Gasteiger partial charge in [-0.2, -0.15) is 0 Å². The van der Waals surface area contributed by atoms with Crippen LogP contribution in [0.15, 0.2) is 36.4 Å². The molecule has 2 aliphatic heterocycles. The predicted molar refractivity (Wildman–Crippen MR) is 208 cm³/mol. The van der Waals surface area contributed by atoms with E-state index in [1.807, 2.05) is 0 Å². The highest BCUT2D eigenvalue weighted by Gasteiger charge is 2.16. The second-order valence-corrected chi connectivity index (χ2v) is 12.6. The minimum Gasteiger partial charge on any atom is -0.487 e. The summed E-state index contributed by atoms with van der Waals surface area (Å²) < 4.78 is 66.5. The molecule has 4 rings (SSSR count). The van der Waals surface area contributed by atoms with Crippen LogP contribution >= 0.6 is 0 Å². The highest BCUT2D eigenvalue weighted by Crippen LogP contribution is 2.30. The van der Waals surface area contributed by atoms with Gasteiger partial charge in [-0.25, -0.2) is 9.59 Å². The first-order valence-corrected chi connectivity index (χ1v) is 19.8. The van der Waals surface area contributed by atoms with E-state index >= 15 is 0 Å². The average molecular weight is 836 g/mol. The zero-order chi connectivity index (χ0) is 41.6. The lowest BCUT2D eigenvalue weighted by Crippen LogP contribution is -2.36. The lowest BCUT2D eigenvalue weighted by molar-refractivity contribution is -0.122. The summed E-state index contributed by atoms with van der Waals surface area (Å²) in [5.41, 5.74) is 0.496. The number of carbonyl (C=O) groups is 4. The highest BCUT2D eigenvalue weighted by molar-refractivity contribution is 5.91. The van der Waals surface area contributed by atoms with Crippen molar-refractivity contribution in [1.82, 2.24) is 16.0 Å². The maximum Gasteiger partial charge on any atom is 0.338 e. The molecule has 2 aromatic carbocycles. The van der Waals surface area contributed by atoms with Gasteiger partial charge in [-0.3, -0.25) is 9.59 Å². The van der Waals surface area contributed by atoms with Crippen molar-refractivity contribution < 1.29 is 76.0 Å². The van der Waals surface area contributed by atoms with Crippen molar-refractivity contribution in [3.8, 4) is 23.0 Å². The average Bonchev–Trinajstić information content (AvgIpc) is 3.25. The molecule has 0 saturated heterocycles. The van der Waals surface area contributed by atoms with E-state index in [9.17, 15) is 19.2 Å². The zero-order valence-corrected chi connectivity index (χ0v) is 33.5. The van der Waals surface area contributed by atoms with E-state index in [2.05, 4.69) is 16.0 Å². The molecule has 0 bridgehead atoms. The number of carbonyl (C=O) groups excluding carboxylic acids is 4. The highest BCUT2D eigenvalue weighted by atomic mass is 16.6. The van der Waals surface area contributed by atoms with E-state index in [0.29, 0.717) is 128 Å². The first-order chi connectivity index (χ1) is 29.0. The second kappa shape index (κ2) is 29.4. The van der Waals surface area contributed by atoms with Crippen LogP contribution in [-0.2, 0) is 47.5 Å². The van der Waals surface area contributed by atoms with Crippen LogP contribution < -0.4 is 34.9 Å². The maximum absolute atomic E-state index is 12.7. The molecular weight excluding hydrogens is 778 g/mol. The van der Waals surface area contributed by atoms with E-state index in [1.54, 1.807) is 24.3 Å². The summed E-state index contributed by atoms with van der Waals surface area (Å²) in [6.45, 7) is 7.35. The molecule has 2 aliphatic rings. The van der Waals surface area contributed by atoms with E-state index in [4.69, 9.17) is 56.8 Å². The van der Waals surface area contributed by atoms with Crippen molar-refractivity contribution in [2.45, 2.75) is 12.8 Å². The molecule has 0 fully saturated rings. The number of hydrogen-bond acceptors (Lipinski definition) is 17. The maximum atomic E-state index is 12.7. The molecule has 19 nitrogen and oxygen atoms in total. The van der Waals surface area contributed by atoms with Crippen LogP contribution in [0.5, 0.6) is 23.0 Å². The summed E-state index contributed by atoms with van der Waals surface area (Å²) in [7, 11) is 0. The van der Waals surface area contributed by atoms with Crippen molar-refractivity contribution >= 4 is 23.8 Å². The van der Waals surface area contributed by atoms with Gasteiger partial charge in [-0.1, -0.05) is 0 Å². The summed E-state index contributed by atoms with van der Waals surface area (Å²) in [4.78, 5) is 49.9. The van der Waals surface area contributed by atoms with Crippen molar-refractivity contribution in [3.05, 3.63) is 47.5 Å². The molecule has 3 N–H and O–H groups in total. The van der Waals surface area contributed by atoms with Gasteiger partial charge in [-0.15, -0.1) is 0 Å². The third-order valence-corrected chi connectivity index (χ3v) is 8.16. The van der Waals surface area contributed by atoms with Crippen LogP contribution in [0.2, 0.25) is 0 Å². The van der Waals surface area contributed by atoms with Gasteiger partial charge >= 0.3 is 11.9 Å². The molecular formula is C40H57N3O16. The summed E-state index contributed by atoms with van der Waals surface area (Å²) >= 11 is 0. The number of fused-ring (bicyclic) bond motifs is 2. The minimum atomic E-state index is -0.605. The normalized spacial score (nSPS) is 16.4. The Hall–Kier alpha value is -4.76. The van der Waals surface area contributed by atoms with Crippen LogP contribution in [0.3, 0.4) is 0 Å². The third kappa shape index (κ3) is 20.2. The van der Waals surface area contributed by atoms with E-state index in [1.165, 1.54) is 12.1 Å². The van der Waals surface area contributed by atoms with Crippen molar-refractivity contribution in [2.24, 2.45) is 0 Å². The second-order valence-electron chi connectivity index (χ2n) is 12.6. The summed E-state index contributed by atoms with van der Waals surface area (Å²) in [5.74, 6) is -0.149. The van der Waals surface area contributed by atoms with Crippen molar-refractivity contribution in [3.63, 3.8) is 0 Å². The molecule has 0 radical (unpaired) electrons. The van der Waals surface area contributed by atoms with Gasteiger partial charge in [0.15, 0.2) is 23.0 Å². The lowest BCUT2D eigenvalue weighted by atomic mass is 10.2. The standard InChI is InChI=1S/C40H57N3O16/c44-37(5-11-58-39(46)31-1-3-33-35(29-31)56-27-23-52-19-15-48-13-17-50-21-25-54-33)42-9-7-41-8-10-43-38(45)6-12-59-40(47)32-2-4-34-36(30-32)57-28-24-53-20-16-49-14-18-51-22-26-55-34/h1-4,29-30,41H,5-28H2,(H,42,44)(H,43,45). The molecule has 2 aromatic rings. The van der Waals surface area contributed by atoms with Gasteiger partial charge in [0.2, 0.25) is 11.8 Å². The topological polar surface area (TPSA) is 215 Å². The largest absolute Gasteiger partial charge is 0.487 e. The Morgan fingerprint density at radius 3 is 1.10 bits per heavy atom. The van der Waals surface area contributed by atoms with E-state index < -0.39 is 11.9 Å². The molecule has 0 atom stereocenters. The van der Waals surface area contributed by atoms with Crippen molar-refractivity contribution in [1.29, 1.82) is 0 Å². The molecule has 59 heavy (non-hydrogen) atoms. The number of rotatable bonds is 14. The van der Waals surface area contributed by atoms with Gasteiger partial charge in [0, 0.05) is 26.2 Å². The van der Waals surface area contributed by atoms with Gasteiger partial charge in [0.05, 0.1) is 103 Å².